The maximum Gasteiger partial charge on any atom is 0.222 e. The van der Waals surface area contributed by atoms with Gasteiger partial charge in [0.2, 0.25) is 5.95 Å². The van der Waals surface area contributed by atoms with Gasteiger partial charge in [-0.2, -0.15) is 0 Å². The average molecular weight is 199 g/mol. The molecule has 0 radical (unpaired) electrons. The molecule has 1 aromatic rings. The first kappa shape index (κ1) is 8.72. The van der Waals surface area contributed by atoms with Crippen molar-refractivity contribution in [2.24, 2.45) is 0 Å². The molecular weight excluding hydrogens is 188 g/mol. The highest BCUT2D eigenvalue weighted by Gasteiger charge is 2.14. The standard InChI is InChI=1S/C8H11ClN4/c9-6-3-11-8(12-4-6)13-7-1-2-10-5-7/h3-4,7,10H,1-2,5H2,(H,11,12,13)/t7-/m0/s1. The molecule has 4 nitrogen and oxygen atoms in total. The molecule has 0 spiro atoms. The second kappa shape index (κ2) is 3.89. The molecule has 0 unspecified atom stereocenters. The van der Waals surface area contributed by atoms with Gasteiger partial charge in [0.15, 0.2) is 0 Å². The number of hydrogen-bond donors (Lipinski definition) is 2. The number of hydrogen-bond acceptors (Lipinski definition) is 4. The SMILES string of the molecule is Clc1cnc(N[C@H]2CCNC2)nc1. The van der Waals surface area contributed by atoms with Crippen molar-refractivity contribution < 1.29 is 0 Å². The van der Waals surface area contributed by atoms with Crippen LogP contribution in [0.25, 0.3) is 0 Å². The molecule has 13 heavy (non-hydrogen) atoms. The highest BCUT2D eigenvalue weighted by atomic mass is 35.5. The predicted octanol–water partition coefficient (Wildman–Crippen LogP) is 0.904. The summed E-state index contributed by atoms with van der Waals surface area (Å²) in [6.07, 6.45) is 4.31. The summed E-state index contributed by atoms with van der Waals surface area (Å²) in [5.41, 5.74) is 0. The first-order chi connectivity index (χ1) is 6.34. The molecule has 1 aromatic heterocycles. The van der Waals surface area contributed by atoms with Gasteiger partial charge in [-0.25, -0.2) is 9.97 Å². The quantitative estimate of drug-likeness (QED) is 0.742. The van der Waals surface area contributed by atoms with Gasteiger partial charge in [-0.15, -0.1) is 0 Å². The molecular formula is C8H11ClN4. The van der Waals surface area contributed by atoms with Crippen LogP contribution in [0.15, 0.2) is 12.4 Å². The number of halogens is 1. The Kier molecular flexibility index (Phi) is 2.61. The number of nitrogens with zero attached hydrogens (tertiary/aromatic N) is 2. The van der Waals surface area contributed by atoms with E-state index in [0.29, 0.717) is 17.0 Å². The monoisotopic (exact) mass is 198 g/mol. The zero-order chi connectivity index (χ0) is 9.10. The molecule has 2 N–H and O–H groups in total. The van der Waals surface area contributed by atoms with Gasteiger partial charge in [0.25, 0.3) is 0 Å². The van der Waals surface area contributed by atoms with Crippen LogP contribution in [0.3, 0.4) is 0 Å². The topological polar surface area (TPSA) is 49.8 Å². The summed E-state index contributed by atoms with van der Waals surface area (Å²) in [6, 6.07) is 0.446. The van der Waals surface area contributed by atoms with E-state index in [1.165, 1.54) is 0 Å². The minimum Gasteiger partial charge on any atom is -0.350 e. The van der Waals surface area contributed by atoms with Crippen LogP contribution in [0.1, 0.15) is 6.42 Å². The molecule has 0 aliphatic carbocycles. The van der Waals surface area contributed by atoms with Gasteiger partial charge in [-0.1, -0.05) is 11.6 Å². The van der Waals surface area contributed by atoms with Gasteiger partial charge in [0.05, 0.1) is 17.4 Å². The summed E-state index contributed by atoms with van der Waals surface area (Å²) in [4.78, 5) is 8.12. The lowest BCUT2D eigenvalue weighted by Crippen LogP contribution is -2.23. The van der Waals surface area contributed by atoms with Crippen molar-refractivity contribution in [2.75, 3.05) is 18.4 Å². The zero-order valence-corrected chi connectivity index (χ0v) is 7.88. The number of nitrogens with one attached hydrogen (secondary N) is 2. The predicted molar refractivity (Wildman–Crippen MR) is 51.9 cm³/mol. The van der Waals surface area contributed by atoms with E-state index < -0.39 is 0 Å². The van der Waals surface area contributed by atoms with E-state index in [1.54, 1.807) is 12.4 Å². The van der Waals surface area contributed by atoms with Crippen LogP contribution in [0.2, 0.25) is 5.02 Å². The fourth-order valence-corrected chi connectivity index (χ4v) is 1.44. The minimum atomic E-state index is 0.446. The lowest BCUT2D eigenvalue weighted by atomic mass is 10.3. The van der Waals surface area contributed by atoms with E-state index in [2.05, 4.69) is 20.6 Å². The zero-order valence-electron chi connectivity index (χ0n) is 7.13. The molecule has 1 aliphatic rings. The van der Waals surface area contributed by atoms with Crippen LogP contribution in [0, 0.1) is 0 Å². The number of anilines is 1. The van der Waals surface area contributed by atoms with E-state index in [1.807, 2.05) is 0 Å². The van der Waals surface area contributed by atoms with Gasteiger partial charge in [0, 0.05) is 12.6 Å². The maximum absolute atomic E-state index is 5.66. The fourth-order valence-electron chi connectivity index (χ4n) is 1.35. The van der Waals surface area contributed by atoms with Crippen molar-refractivity contribution in [1.29, 1.82) is 0 Å². The Balaban J connectivity index is 1.97. The van der Waals surface area contributed by atoms with Gasteiger partial charge in [-0.3, -0.25) is 0 Å². The van der Waals surface area contributed by atoms with E-state index in [0.717, 1.165) is 19.5 Å². The van der Waals surface area contributed by atoms with E-state index in [4.69, 9.17) is 11.6 Å². The molecule has 70 valence electrons. The second-order valence-corrected chi connectivity index (χ2v) is 3.50. The molecule has 0 amide bonds. The van der Waals surface area contributed by atoms with Gasteiger partial charge in [0.1, 0.15) is 0 Å². The molecule has 1 atom stereocenters. The normalized spacial score (nSPS) is 21.8. The second-order valence-electron chi connectivity index (χ2n) is 3.06. The van der Waals surface area contributed by atoms with E-state index in [-0.39, 0.29) is 0 Å². The fraction of sp³-hybridized carbons (Fsp3) is 0.500. The third kappa shape index (κ3) is 2.29. The summed E-state index contributed by atoms with van der Waals surface area (Å²) in [5, 5.41) is 7.05. The Morgan fingerprint density at radius 1 is 1.46 bits per heavy atom. The Labute approximate surface area is 81.7 Å². The van der Waals surface area contributed by atoms with Crippen molar-refractivity contribution >= 4 is 17.5 Å². The molecule has 0 bridgehead atoms. The van der Waals surface area contributed by atoms with Gasteiger partial charge in [-0.05, 0) is 13.0 Å². The van der Waals surface area contributed by atoms with Crippen LogP contribution in [0.4, 0.5) is 5.95 Å². The Bertz CT molecular complexity index is 268. The van der Waals surface area contributed by atoms with Crippen LogP contribution < -0.4 is 10.6 Å². The number of aromatic nitrogens is 2. The Hall–Kier alpha value is -0.870. The highest BCUT2D eigenvalue weighted by Crippen LogP contribution is 2.08. The van der Waals surface area contributed by atoms with E-state index >= 15 is 0 Å². The average Bonchev–Trinajstić information content (AvgIpc) is 2.62. The van der Waals surface area contributed by atoms with Gasteiger partial charge >= 0.3 is 0 Å². The Morgan fingerprint density at radius 3 is 2.85 bits per heavy atom. The summed E-state index contributed by atoms with van der Waals surface area (Å²) < 4.78 is 0. The summed E-state index contributed by atoms with van der Waals surface area (Å²) in [6.45, 7) is 2.04. The first-order valence-electron chi connectivity index (χ1n) is 4.29. The molecule has 5 heteroatoms. The lowest BCUT2D eigenvalue weighted by Gasteiger charge is -2.09. The summed E-state index contributed by atoms with van der Waals surface area (Å²) in [5.74, 6) is 0.651. The van der Waals surface area contributed by atoms with Crippen LogP contribution in [-0.2, 0) is 0 Å². The molecule has 1 saturated heterocycles. The Morgan fingerprint density at radius 2 is 2.23 bits per heavy atom. The van der Waals surface area contributed by atoms with Crippen LogP contribution in [0.5, 0.6) is 0 Å². The maximum atomic E-state index is 5.66. The van der Waals surface area contributed by atoms with Gasteiger partial charge < -0.3 is 10.6 Å². The molecule has 2 rings (SSSR count). The van der Waals surface area contributed by atoms with Crippen molar-refractivity contribution in [3.63, 3.8) is 0 Å². The molecule has 0 saturated carbocycles. The minimum absolute atomic E-state index is 0.446. The highest BCUT2D eigenvalue weighted by molar-refractivity contribution is 6.30. The van der Waals surface area contributed by atoms with Crippen LogP contribution >= 0.6 is 11.6 Å². The smallest absolute Gasteiger partial charge is 0.222 e. The third-order valence-electron chi connectivity index (χ3n) is 2.01. The first-order valence-corrected chi connectivity index (χ1v) is 4.67. The van der Waals surface area contributed by atoms with Crippen molar-refractivity contribution in [3.05, 3.63) is 17.4 Å². The van der Waals surface area contributed by atoms with Crippen molar-refractivity contribution in [2.45, 2.75) is 12.5 Å². The van der Waals surface area contributed by atoms with Crippen LogP contribution in [-0.4, -0.2) is 29.1 Å². The molecule has 2 heterocycles. The molecule has 1 aliphatic heterocycles. The summed E-state index contributed by atoms with van der Waals surface area (Å²) in [7, 11) is 0. The lowest BCUT2D eigenvalue weighted by molar-refractivity contribution is 0.780. The van der Waals surface area contributed by atoms with E-state index in [9.17, 15) is 0 Å². The summed E-state index contributed by atoms with van der Waals surface area (Å²) >= 11 is 5.66. The van der Waals surface area contributed by atoms with Crippen molar-refractivity contribution in [1.82, 2.24) is 15.3 Å². The molecule has 0 aromatic carbocycles. The third-order valence-corrected chi connectivity index (χ3v) is 2.21. The largest absolute Gasteiger partial charge is 0.350 e. The number of rotatable bonds is 2. The molecule has 1 fully saturated rings. The van der Waals surface area contributed by atoms with Crippen molar-refractivity contribution in [3.8, 4) is 0 Å².